The molecule has 3 saturated heterocycles. The van der Waals surface area contributed by atoms with E-state index in [1.807, 2.05) is 26.0 Å². The summed E-state index contributed by atoms with van der Waals surface area (Å²) in [5, 5.41) is 11.5. The van der Waals surface area contributed by atoms with Gasteiger partial charge in [0, 0.05) is 39.7 Å². The minimum Gasteiger partial charge on any atom is -0.444 e. The van der Waals surface area contributed by atoms with E-state index in [4.69, 9.17) is 4.74 Å². The summed E-state index contributed by atoms with van der Waals surface area (Å²) in [6, 6.07) is 13.7. The fourth-order valence-corrected chi connectivity index (χ4v) is 8.12. The Labute approximate surface area is 317 Å². The predicted octanol–water partition coefficient (Wildman–Crippen LogP) is 7.94. The summed E-state index contributed by atoms with van der Waals surface area (Å²) in [7, 11) is 0. The highest BCUT2D eigenvalue weighted by Crippen LogP contribution is 2.33. The summed E-state index contributed by atoms with van der Waals surface area (Å²) in [5.74, 6) is 4.82. The predicted molar refractivity (Wildman–Crippen MR) is 209 cm³/mol. The lowest BCUT2D eigenvalue weighted by atomic mass is 9.93. The number of amides is 2. The first-order valence-corrected chi connectivity index (χ1v) is 19.8. The zero-order chi connectivity index (χ0) is 37.8. The van der Waals surface area contributed by atoms with Gasteiger partial charge in [0.2, 0.25) is 0 Å². The van der Waals surface area contributed by atoms with E-state index in [-0.39, 0.29) is 18.5 Å². The first-order chi connectivity index (χ1) is 25.2. The van der Waals surface area contributed by atoms with E-state index in [2.05, 4.69) is 56.3 Å². The molecule has 8 nitrogen and oxygen atoms in total. The summed E-state index contributed by atoms with van der Waals surface area (Å²) in [4.78, 5) is 30.9. The van der Waals surface area contributed by atoms with Crippen molar-refractivity contribution in [3.63, 3.8) is 0 Å². The van der Waals surface area contributed by atoms with Crippen molar-refractivity contribution in [3.8, 4) is 22.3 Å². The van der Waals surface area contributed by atoms with E-state index in [1.54, 1.807) is 50.3 Å². The lowest BCUT2D eigenvalue weighted by Crippen LogP contribution is -2.40. The molecule has 1 aromatic heterocycles. The van der Waals surface area contributed by atoms with Crippen LogP contribution in [-0.4, -0.2) is 85.2 Å². The molecular formula is C42H53F2N5O3S. The van der Waals surface area contributed by atoms with E-state index >= 15 is 8.78 Å². The number of carbonyl (C=O) groups is 2. The molecule has 11 heteroatoms. The quantitative estimate of drug-likeness (QED) is 0.203. The van der Waals surface area contributed by atoms with E-state index in [1.165, 1.54) is 19.4 Å². The molecule has 0 unspecified atom stereocenters. The van der Waals surface area contributed by atoms with Gasteiger partial charge in [-0.05, 0) is 139 Å². The van der Waals surface area contributed by atoms with Gasteiger partial charge in [-0.15, -0.1) is 11.3 Å². The zero-order valence-electron chi connectivity index (χ0n) is 31.6. The number of aryl methyl sites for hydroxylation is 1. The largest absolute Gasteiger partial charge is 0.444 e. The van der Waals surface area contributed by atoms with Crippen molar-refractivity contribution in [2.75, 3.05) is 51.1 Å². The highest BCUT2D eigenvalue weighted by molar-refractivity contribution is 7.13. The number of hydrogen-bond acceptors (Lipinski definition) is 7. The van der Waals surface area contributed by atoms with Crippen LogP contribution in [-0.2, 0) is 4.74 Å². The SMILES string of the molecule is Cc1ccc(N[C@H]2CN(C(=O)OC(C)(C)C)CC2(F)F)cc1C(=O)N[C@H](C)c1ccc(C#CC2CCN(CC3CCNCC3)CC2)c(-c2cccs2)c1. The number of alkyl halides is 2. The monoisotopic (exact) mass is 745 g/mol. The molecule has 0 aliphatic carbocycles. The molecule has 3 N–H and O–H groups in total. The minimum atomic E-state index is -3.18. The van der Waals surface area contributed by atoms with Crippen LogP contribution in [0, 0.1) is 30.6 Å². The first kappa shape index (κ1) is 38.7. The summed E-state index contributed by atoms with van der Waals surface area (Å²) in [6.07, 6.45) is 3.96. The molecule has 3 aliphatic heterocycles. The maximum absolute atomic E-state index is 15.0. The van der Waals surface area contributed by atoms with E-state index in [0.29, 0.717) is 17.2 Å². The van der Waals surface area contributed by atoms with Crippen molar-refractivity contribution < 1.29 is 23.1 Å². The van der Waals surface area contributed by atoms with Crippen molar-refractivity contribution in [2.24, 2.45) is 11.8 Å². The molecule has 3 fully saturated rings. The van der Waals surface area contributed by atoms with E-state index in [9.17, 15) is 9.59 Å². The maximum Gasteiger partial charge on any atom is 0.410 e. The molecule has 0 saturated carbocycles. The average Bonchev–Trinajstić information content (AvgIpc) is 3.76. The van der Waals surface area contributed by atoms with Gasteiger partial charge >= 0.3 is 6.09 Å². The fraction of sp³-hybridized carbons (Fsp3) is 0.524. The third kappa shape index (κ3) is 10.2. The molecule has 6 rings (SSSR count). The normalized spacial score (nSPS) is 20.4. The molecule has 284 valence electrons. The van der Waals surface area contributed by atoms with Crippen LogP contribution in [0.25, 0.3) is 10.4 Å². The smallest absolute Gasteiger partial charge is 0.410 e. The zero-order valence-corrected chi connectivity index (χ0v) is 32.4. The van der Waals surface area contributed by atoms with Crippen LogP contribution in [0.1, 0.15) is 86.5 Å². The highest BCUT2D eigenvalue weighted by Gasteiger charge is 2.50. The lowest BCUT2D eigenvalue weighted by molar-refractivity contribution is -0.00635. The number of nitrogens with zero attached hydrogens (tertiary/aromatic N) is 2. The van der Waals surface area contributed by atoms with Crippen molar-refractivity contribution >= 4 is 29.0 Å². The lowest BCUT2D eigenvalue weighted by Gasteiger charge is -2.34. The van der Waals surface area contributed by atoms with Crippen molar-refractivity contribution in [3.05, 3.63) is 76.2 Å². The summed E-state index contributed by atoms with van der Waals surface area (Å²) >= 11 is 1.66. The van der Waals surface area contributed by atoms with Crippen LogP contribution in [0.15, 0.2) is 53.9 Å². The van der Waals surface area contributed by atoms with Crippen LogP contribution >= 0.6 is 11.3 Å². The maximum atomic E-state index is 15.0. The van der Waals surface area contributed by atoms with Crippen molar-refractivity contribution in [2.45, 2.75) is 83.9 Å². The number of rotatable bonds is 8. The van der Waals surface area contributed by atoms with Crippen molar-refractivity contribution in [1.29, 1.82) is 0 Å². The van der Waals surface area contributed by atoms with Crippen LogP contribution in [0.4, 0.5) is 19.3 Å². The van der Waals surface area contributed by atoms with Crippen LogP contribution in [0.2, 0.25) is 0 Å². The Hall–Kier alpha value is -3.98. The number of piperidine rings is 2. The number of anilines is 1. The van der Waals surface area contributed by atoms with Gasteiger partial charge in [0.15, 0.2) is 0 Å². The topological polar surface area (TPSA) is 85.9 Å². The molecule has 2 aromatic carbocycles. The van der Waals surface area contributed by atoms with Crippen molar-refractivity contribution in [1.82, 2.24) is 20.4 Å². The first-order valence-electron chi connectivity index (χ1n) is 18.9. The number of benzene rings is 2. The van der Waals surface area contributed by atoms with E-state index < -0.39 is 30.2 Å². The number of likely N-dealkylation sites (tertiary alicyclic amines) is 2. The molecule has 2 amide bonds. The standard InChI is InChI=1S/C42H53F2N5O3S/c1-28-8-13-34(47-38-26-49(27-42(38,43)44)40(51)52-41(3,4)5)24-35(28)39(50)46-29(2)33-12-11-32(36(23-33)37-7-6-22-53-37)10-9-30-16-20-48(21-17-30)25-31-14-18-45-19-15-31/h6-8,11-13,22-24,29-31,38,45,47H,14-21,25-27H2,1-5H3,(H,46,50)/t29-,38+/m1/s1. The fourth-order valence-electron chi connectivity index (χ4n) is 7.36. The Morgan fingerprint density at radius 3 is 2.53 bits per heavy atom. The molecule has 0 radical (unpaired) electrons. The highest BCUT2D eigenvalue weighted by atomic mass is 32.1. The Kier molecular flexibility index (Phi) is 12.1. The summed E-state index contributed by atoms with van der Waals surface area (Å²) in [5.41, 5.74) is 3.66. The van der Waals surface area contributed by atoms with Gasteiger partial charge in [-0.2, -0.15) is 0 Å². The number of nitrogens with one attached hydrogen (secondary N) is 3. The number of carbonyl (C=O) groups excluding carboxylic acids is 2. The second-order valence-corrected chi connectivity index (χ2v) is 16.8. The van der Waals surface area contributed by atoms with Crippen LogP contribution in [0.5, 0.6) is 0 Å². The molecule has 0 spiro atoms. The van der Waals surface area contributed by atoms with Gasteiger partial charge in [-0.3, -0.25) is 9.69 Å². The summed E-state index contributed by atoms with van der Waals surface area (Å²) < 4.78 is 35.4. The average molecular weight is 746 g/mol. The Balaban J connectivity index is 1.10. The van der Waals surface area contributed by atoms with Gasteiger partial charge in [0.25, 0.3) is 11.8 Å². The molecule has 53 heavy (non-hydrogen) atoms. The number of hydrogen-bond donors (Lipinski definition) is 3. The Bertz CT molecular complexity index is 1800. The molecule has 3 aromatic rings. The van der Waals surface area contributed by atoms with Gasteiger partial charge in [-0.25, -0.2) is 13.6 Å². The van der Waals surface area contributed by atoms with Crippen LogP contribution in [0.3, 0.4) is 0 Å². The van der Waals surface area contributed by atoms with Gasteiger partial charge in [-0.1, -0.05) is 30.0 Å². The van der Waals surface area contributed by atoms with Crippen LogP contribution < -0.4 is 16.0 Å². The van der Waals surface area contributed by atoms with Gasteiger partial charge < -0.3 is 25.6 Å². The second kappa shape index (κ2) is 16.6. The Morgan fingerprint density at radius 1 is 1.08 bits per heavy atom. The van der Waals surface area contributed by atoms with E-state index in [0.717, 1.165) is 77.0 Å². The van der Waals surface area contributed by atoms with Gasteiger partial charge in [0.1, 0.15) is 11.6 Å². The molecule has 4 heterocycles. The Morgan fingerprint density at radius 2 is 1.83 bits per heavy atom. The second-order valence-electron chi connectivity index (χ2n) is 15.9. The minimum absolute atomic E-state index is 0.223. The number of halogens is 2. The molecule has 2 atom stereocenters. The van der Waals surface area contributed by atoms with Gasteiger partial charge in [0.05, 0.1) is 19.1 Å². The molecular weight excluding hydrogens is 693 g/mol. The number of ether oxygens (including phenoxy) is 1. The molecule has 3 aliphatic rings. The summed E-state index contributed by atoms with van der Waals surface area (Å²) in [6.45, 7) is 13.6. The third-order valence-electron chi connectivity index (χ3n) is 10.4. The number of thiophene rings is 1. The third-order valence-corrected chi connectivity index (χ3v) is 11.3. The molecule has 0 bridgehead atoms.